The first-order valence-electron chi connectivity index (χ1n) is 7.53. The molecule has 8 nitrogen and oxygen atoms in total. The number of aryl methyl sites for hydroxylation is 1. The third-order valence-electron chi connectivity index (χ3n) is 3.07. The van der Waals surface area contributed by atoms with Gasteiger partial charge in [-0.05, 0) is 25.1 Å². The van der Waals surface area contributed by atoms with Gasteiger partial charge >= 0.3 is 10.3 Å². The van der Waals surface area contributed by atoms with Crippen molar-refractivity contribution in [2.45, 2.75) is 13.8 Å². The normalized spacial score (nSPS) is 11.4. The molecule has 1 amide bonds. The third kappa shape index (κ3) is 5.64. The Labute approximate surface area is 161 Å². The van der Waals surface area contributed by atoms with Crippen LogP contribution >= 0.6 is 22.9 Å². The van der Waals surface area contributed by atoms with Crippen molar-refractivity contribution in [2.24, 2.45) is 0 Å². The summed E-state index contributed by atoms with van der Waals surface area (Å²) < 4.78 is 35.4. The lowest BCUT2D eigenvalue weighted by molar-refractivity contribution is -0.120. The molecule has 2 rings (SSSR count). The minimum Gasteiger partial charge on any atom is -0.445 e. The van der Waals surface area contributed by atoms with Gasteiger partial charge in [0.15, 0.2) is 5.13 Å². The number of nitrogens with one attached hydrogen (secondary N) is 1. The van der Waals surface area contributed by atoms with Crippen LogP contribution in [0.15, 0.2) is 24.3 Å². The van der Waals surface area contributed by atoms with Gasteiger partial charge in [-0.25, -0.2) is 9.17 Å². The number of anilines is 1. The van der Waals surface area contributed by atoms with Crippen molar-refractivity contribution in [3.63, 3.8) is 0 Å². The highest BCUT2D eigenvalue weighted by molar-refractivity contribution is 7.84. The molecule has 2 aromatic rings. The van der Waals surface area contributed by atoms with E-state index in [2.05, 4.69) is 13.9 Å². The Morgan fingerprint density at radius 2 is 2.15 bits per heavy atom. The average molecular weight is 420 g/mol. The number of hydrogen-bond acceptors (Lipinski definition) is 7. The average Bonchev–Trinajstić information content (AvgIpc) is 2.93. The number of amides is 1. The molecule has 0 saturated carbocycles. The Hall–Kier alpha value is -1.72. The van der Waals surface area contributed by atoms with Crippen LogP contribution in [0.1, 0.15) is 12.6 Å². The first-order valence-corrected chi connectivity index (χ1v) is 10.1. The minimum absolute atomic E-state index is 0.169. The SMILES string of the molecule is CCNS(=O)(=O)OCC(=O)N(C)c1nc(C)c(Oc2cccc(Cl)c2)s1. The summed E-state index contributed by atoms with van der Waals surface area (Å²) in [6.07, 6.45) is 0. The first-order chi connectivity index (χ1) is 12.2. The number of ether oxygens (including phenoxy) is 1. The summed E-state index contributed by atoms with van der Waals surface area (Å²) >= 11 is 7.08. The zero-order valence-electron chi connectivity index (χ0n) is 14.4. The number of hydrogen-bond donors (Lipinski definition) is 1. The number of benzene rings is 1. The first kappa shape index (κ1) is 20.6. The molecule has 0 aliphatic carbocycles. The van der Waals surface area contributed by atoms with Gasteiger partial charge in [-0.15, -0.1) is 0 Å². The molecule has 26 heavy (non-hydrogen) atoms. The number of likely N-dealkylation sites (N-methyl/N-ethyl adjacent to an activating group) is 1. The summed E-state index contributed by atoms with van der Waals surface area (Å²) in [4.78, 5) is 17.6. The molecule has 0 radical (unpaired) electrons. The smallest absolute Gasteiger partial charge is 0.336 e. The highest BCUT2D eigenvalue weighted by atomic mass is 35.5. The van der Waals surface area contributed by atoms with Gasteiger partial charge in [0.2, 0.25) is 5.06 Å². The molecule has 0 fully saturated rings. The number of rotatable bonds is 8. The zero-order chi connectivity index (χ0) is 19.3. The topological polar surface area (TPSA) is 97.8 Å². The van der Waals surface area contributed by atoms with E-state index in [1.54, 1.807) is 38.1 Å². The van der Waals surface area contributed by atoms with Crippen molar-refractivity contribution in [3.8, 4) is 10.8 Å². The summed E-state index contributed by atoms with van der Waals surface area (Å²) in [5.74, 6) is -0.0145. The molecule has 0 aliphatic heterocycles. The van der Waals surface area contributed by atoms with Crippen LogP contribution < -0.4 is 14.4 Å². The van der Waals surface area contributed by atoms with E-state index in [1.807, 2.05) is 0 Å². The van der Waals surface area contributed by atoms with Gasteiger partial charge < -0.3 is 4.74 Å². The minimum atomic E-state index is -3.94. The van der Waals surface area contributed by atoms with Crippen molar-refractivity contribution in [1.82, 2.24) is 9.71 Å². The molecule has 0 bridgehead atoms. The molecule has 0 atom stereocenters. The second-order valence-electron chi connectivity index (χ2n) is 5.10. The fraction of sp³-hybridized carbons (Fsp3) is 0.333. The van der Waals surface area contributed by atoms with Crippen molar-refractivity contribution < 1.29 is 22.1 Å². The lowest BCUT2D eigenvalue weighted by atomic mass is 10.3. The van der Waals surface area contributed by atoms with Crippen LogP contribution in [0.2, 0.25) is 5.02 Å². The van der Waals surface area contributed by atoms with Crippen LogP contribution in [0.3, 0.4) is 0 Å². The van der Waals surface area contributed by atoms with E-state index in [1.165, 1.54) is 11.9 Å². The molecule has 0 unspecified atom stereocenters. The second-order valence-corrected chi connectivity index (χ2v) is 7.90. The molecule has 11 heteroatoms. The fourth-order valence-corrected chi connectivity index (χ4v) is 3.59. The molecular weight excluding hydrogens is 402 g/mol. The number of carbonyl (C=O) groups is 1. The number of carbonyl (C=O) groups excluding carboxylic acids is 1. The summed E-state index contributed by atoms with van der Waals surface area (Å²) in [7, 11) is -2.46. The van der Waals surface area contributed by atoms with E-state index in [4.69, 9.17) is 16.3 Å². The van der Waals surface area contributed by atoms with Gasteiger partial charge in [0, 0.05) is 18.6 Å². The molecular formula is C15H18ClN3O5S2. The summed E-state index contributed by atoms with van der Waals surface area (Å²) in [5.41, 5.74) is 0.589. The number of nitrogens with zero attached hydrogens (tertiary/aromatic N) is 2. The fourth-order valence-electron chi connectivity index (χ4n) is 1.79. The Morgan fingerprint density at radius 3 is 2.81 bits per heavy atom. The van der Waals surface area contributed by atoms with Crippen molar-refractivity contribution in [3.05, 3.63) is 35.0 Å². The Balaban J connectivity index is 2.05. The van der Waals surface area contributed by atoms with E-state index >= 15 is 0 Å². The van der Waals surface area contributed by atoms with E-state index < -0.39 is 22.8 Å². The Kier molecular flexibility index (Phi) is 6.95. The summed E-state index contributed by atoms with van der Waals surface area (Å²) in [6.45, 7) is 2.89. The second kappa shape index (κ2) is 8.78. The zero-order valence-corrected chi connectivity index (χ0v) is 16.7. The van der Waals surface area contributed by atoms with Crippen molar-refractivity contribution in [1.29, 1.82) is 0 Å². The molecule has 0 aliphatic rings. The number of halogens is 1. The van der Waals surface area contributed by atoms with Gasteiger partial charge in [0.05, 0.1) is 5.69 Å². The van der Waals surface area contributed by atoms with Crippen molar-refractivity contribution in [2.75, 3.05) is 25.1 Å². The molecule has 1 heterocycles. The van der Waals surface area contributed by atoms with Crippen LogP contribution in [0.4, 0.5) is 5.13 Å². The highest BCUT2D eigenvalue weighted by Gasteiger charge is 2.20. The number of aromatic nitrogens is 1. The van der Waals surface area contributed by atoms with E-state index in [9.17, 15) is 13.2 Å². The van der Waals surface area contributed by atoms with Crippen LogP contribution in [0, 0.1) is 6.92 Å². The van der Waals surface area contributed by atoms with E-state index in [0.717, 1.165) is 11.3 Å². The summed E-state index contributed by atoms with van der Waals surface area (Å²) in [5, 5.41) is 1.40. The predicted molar refractivity (Wildman–Crippen MR) is 100 cm³/mol. The van der Waals surface area contributed by atoms with Crippen LogP contribution in [-0.4, -0.2) is 39.5 Å². The maximum Gasteiger partial charge on any atom is 0.336 e. The van der Waals surface area contributed by atoms with Crippen molar-refractivity contribution >= 4 is 44.3 Å². The molecule has 1 aromatic carbocycles. The van der Waals surface area contributed by atoms with Gasteiger partial charge in [-0.1, -0.05) is 35.9 Å². The standard InChI is InChI=1S/C15H18ClN3O5S2/c1-4-17-26(21,22)23-9-13(20)19(3)15-18-10(2)14(25-15)24-12-7-5-6-11(16)8-12/h5-8,17H,4,9H2,1-3H3. The Bertz CT molecular complexity index is 885. The highest BCUT2D eigenvalue weighted by Crippen LogP contribution is 2.36. The van der Waals surface area contributed by atoms with E-state index in [0.29, 0.717) is 26.7 Å². The monoisotopic (exact) mass is 419 g/mol. The molecule has 142 valence electrons. The lowest BCUT2D eigenvalue weighted by Gasteiger charge is -2.13. The predicted octanol–water partition coefficient (Wildman–Crippen LogP) is 2.73. The maximum atomic E-state index is 12.1. The van der Waals surface area contributed by atoms with Gasteiger partial charge in [0.25, 0.3) is 5.91 Å². The van der Waals surface area contributed by atoms with Crippen LogP contribution in [0.5, 0.6) is 10.8 Å². The van der Waals surface area contributed by atoms with E-state index in [-0.39, 0.29) is 6.54 Å². The molecule has 1 N–H and O–H groups in total. The quantitative estimate of drug-likeness (QED) is 0.706. The van der Waals surface area contributed by atoms with Crippen LogP contribution in [0.25, 0.3) is 0 Å². The molecule has 1 aromatic heterocycles. The molecule has 0 saturated heterocycles. The summed E-state index contributed by atoms with van der Waals surface area (Å²) in [6, 6.07) is 6.90. The third-order valence-corrected chi connectivity index (χ3v) is 5.49. The largest absolute Gasteiger partial charge is 0.445 e. The lowest BCUT2D eigenvalue weighted by Crippen LogP contribution is -2.34. The van der Waals surface area contributed by atoms with Gasteiger partial charge in [-0.3, -0.25) is 9.69 Å². The van der Waals surface area contributed by atoms with Gasteiger partial charge in [-0.2, -0.15) is 13.1 Å². The maximum absolute atomic E-state index is 12.1. The van der Waals surface area contributed by atoms with Crippen LogP contribution in [-0.2, 0) is 19.3 Å². The molecule has 0 spiro atoms. The Morgan fingerprint density at radius 1 is 1.42 bits per heavy atom. The van der Waals surface area contributed by atoms with Gasteiger partial charge in [0.1, 0.15) is 12.4 Å². The number of thiazole rings is 1.